The Morgan fingerprint density at radius 1 is 1.00 bits per heavy atom. The van der Waals surface area contributed by atoms with Crippen molar-refractivity contribution in [1.29, 1.82) is 0 Å². The lowest BCUT2D eigenvalue weighted by atomic mass is 9.61. The number of hydrogen-bond donors (Lipinski definition) is 3. The Balaban J connectivity index is 2.26. The molecule has 1 aromatic rings. The first-order chi connectivity index (χ1) is 12.9. The fourth-order valence-electron chi connectivity index (χ4n) is 4.41. The van der Waals surface area contributed by atoms with Crippen LogP contribution in [0, 0.1) is 11.3 Å². The number of ether oxygens (including phenoxy) is 2. The van der Waals surface area contributed by atoms with Gasteiger partial charge in [-0.3, -0.25) is 14.4 Å². The summed E-state index contributed by atoms with van der Waals surface area (Å²) in [5.41, 5.74) is -3.98. The number of rotatable bonds is 1. The number of fused-ring (bicyclic) bond motifs is 1. The van der Waals surface area contributed by atoms with Crippen LogP contribution in [0.25, 0.3) is 5.57 Å². The number of allylic oxidation sites excluding steroid dienone is 1. The summed E-state index contributed by atoms with van der Waals surface area (Å²) in [7, 11) is 1.14. The topological polar surface area (TPSA) is 130 Å². The summed E-state index contributed by atoms with van der Waals surface area (Å²) in [5.74, 6) is -5.75. The van der Waals surface area contributed by atoms with Crippen molar-refractivity contribution in [3.8, 4) is 17.2 Å². The normalized spacial score (nSPS) is 30.1. The molecule has 1 heterocycles. The maximum atomic E-state index is 13.5. The Bertz CT molecular complexity index is 1030. The maximum Gasteiger partial charge on any atom is 0.233 e. The molecule has 0 radical (unpaired) electrons. The Kier molecular flexibility index (Phi) is 3.39. The van der Waals surface area contributed by atoms with Gasteiger partial charge in [0.25, 0.3) is 0 Å². The summed E-state index contributed by atoms with van der Waals surface area (Å²) in [5, 5.41) is 32.7. The van der Waals surface area contributed by atoms with E-state index in [0.717, 1.165) is 7.11 Å². The third-order valence-corrected chi connectivity index (χ3v) is 6.53. The van der Waals surface area contributed by atoms with Crippen LogP contribution in [-0.4, -0.2) is 51.5 Å². The predicted octanol–water partition coefficient (Wildman–Crippen LogP) is 1.59. The first kappa shape index (κ1) is 18.5. The van der Waals surface area contributed by atoms with E-state index in [1.807, 2.05) is 0 Å². The third kappa shape index (κ3) is 1.68. The van der Waals surface area contributed by atoms with Crippen molar-refractivity contribution in [3.05, 3.63) is 22.4 Å². The van der Waals surface area contributed by atoms with Gasteiger partial charge in [0.2, 0.25) is 23.1 Å². The van der Waals surface area contributed by atoms with Gasteiger partial charge in [0.05, 0.1) is 24.2 Å². The second-order valence-electron chi connectivity index (χ2n) is 8.03. The van der Waals surface area contributed by atoms with E-state index in [1.165, 1.54) is 6.92 Å². The molecule has 8 heteroatoms. The summed E-state index contributed by atoms with van der Waals surface area (Å²) in [6.45, 7) is 6.43. The van der Waals surface area contributed by atoms with Crippen LogP contribution in [0.4, 0.5) is 0 Å². The number of carbonyl (C=O) groups is 3. The molecule has 1 aliphatic heterocycles. The van der Waals surface area contributed by atoms with Gasteiger partial charge < -0.3 is 24.8 Å². The maximum absolute atomic E-state index is 13.5. The number of carbonyl (C=O) groups excluding carboxylic acids is 3. The van der Waals surface area contributed by atoms with Gasteiger partial charge in [-0.15, -0.1) is 0 Å². The van der Waals surface area contributed by atoms with Gasteiger partial charge in [-0.25, -0.2) is 0 Å². The van der Waals surface area contributed by atoms with Crippen molar-refractivity contribution in [1.82, 2.24) is 0 Å². The molecular formula is C20H20O8. The van der Waals surface area contributed by atoms with Gasteiger partial charge in [0.1, 0.15) is 11.9 Å². The fourth-order valence-corrected chi connectivity index (χ4v) is 4.41. The zero-order valence-corrected chi connectivity index (χ0v) is 16.0. The summed E-state index contributed by atoms with van der Waals surface area (Å²) in [6.07, 6.45) is -0.598. The van der Waals surface area contributed by atoms with Crippen LogP contribution in [0.3, 0.4) is 0 Å². The van der Waals surface area contributed by atoms with Gasteiger partial charge in [-0.1, -0.05) is 20.8 Å². The highest BCUT2D eigenvalue weighted by Crippen LogP contribution is 2.61. The van der Waals surface area contributed by atoms with Gasteiger partial charge in [-0.2, -0.15) is 0 Å². The smallest absolute Gasteiger partial charge is 0.233 e. The van der Waals surface area contributed by atoms with Gasteiger partial charge >= 0.3 is 0 Å². The average molecular weight is 388 g/mol. The minimum atomic E-state index is -2.15. The number of hydrogen-bond acceptors (Lipinski definition) is 8. The molecule has 28 heavy (non-hydrogen) atoms. The van der Waals surface area contributed by atoms with Gasteiger partial charge in [0.15, 0.2) is 17.1 Å². The Hall–Kier alpha value is -2.87. The van der Waals surface area contributed by atoms with Crippen LogP contribution < -0.4 is 4.74 Å². The zero-order valence-electron chi connectivity index (χ0n) is 16.0. The lowest BCUT2D eigenvalue weighted by molar-refractivity contribution is -0.117. The van der Waals surface area contributed by atoms with E-state index < -0.39 is 63.2 Å². The largest absolute Gasteiger partial charge is 0.504 e. The van der Waals surface area contributed by atoms with E-state index in [-0.39, 0.29) is 22.5 Å². The summed E-state index contributed by atoms with van der Waals surface area (Å²) in [6, 6.07) is 0. The lowest BCUT2D eigenvalue weighted by Crippen LogP contribution is -2.54. The van der Waals surface area contributed by atoms with Crippen LogP contribution in [-0.2, 0) is 9.53 Å². The number of Topliss-reactive ketones (excluding diaryl/α,β-unsaturated/α-hetero) is 3. The summed E-state index contributed by atoms with van der Waals surface area (Å²) >= 11 is 0. The Morgan fingerprint density at radius 3 is 2.14 bits per heavy atom. The van der Waals surface area contributed by atoms with Gasteiger partial charge in [0, 0.05) is 16.6 Å². The number of methoxy groups -OCH3 is 1. The van der Waals surface area contributed by atoms with Crippen LogP contribution in [0.2, 0.25) is 0 Å². The predicted molar refractivity (Wildman–Crippen MR) is 95.4 cm³/mol. The zero-order chi connectivity index (χ0) is 20.9. The minimum Gasteiger partial charge on any atom is -0.504 e. The number of phenolic OH excluding ortho intramolecular Hbond substituents is 2. The molecule has 1 saturated heterocycles. The highest BCUT2D eigenvalue weighted by molar-refractivity contribution is 6.50. The molecule has 148 valence electrons. The standard InChI is InChI=1S/C20H20O8/c1-6-8-9-10(13(22)12(6)21)14(23)16(27-5)15(24)11(9)17(25)20(26)18(8)28-7(2)19(20,3)4/h6-7,23-24,26H,1-5H3/t6?,7-,20+/m0/s1. The molecule has 3 atom stereocenters. The SMILES string of the molecule is COc1c(O)c2c3c(c1O)C(=O)[C@@]1(O)C(=C3C(C)C(=O)C2=O)O[C@@H](C)C1(C)C. The molecule has 0 aromatic heterocycles. The van der Waals surface area contributed by atoms with Crippen molar-refractivity contribution in [2.24, 2.45) is 11.3 Å². The fraction of sp³-hybridized carbons (Fsp3) is 0.450. The molecule has 0 amide bonds. The summed E-state index contributed by atoms with van der Waals surface area (Å²) in [4.78, 5) is 38.7. The molecule has 3 N–H and O–H groups in total. The molecule has 1 unspecified atom stereocenters. The number of ketones is 3. The van der Waals surface area contributed by atoms with E-state index in [1.54, 1.807) is 20.8 Å². The molecule has 3 aliphatic rings. The number of benzene rings is 1. The van der Waals surface area contributed by atoms with Crippen molar-refractivity contribution in [3.63, 3.8) is 0 Å². The molecule has 1 aromatic carbocycles. The van der Waals surface area contributed by atoms with Crippen molar-refractivity contribution in [2.45, 2.75) is 39.4 Å². The second kappa shape index (κ2) is 5.14. The Morgan fingerprint density at radius 2 is 1.57 bits per heavy atom. The molecule has 2 aliphatic carbocycles. The second-order valence-corrected chi connectivity index (χ2v) is 8.03. The number of phenols is 2. The van der Waals surface area contributed by atoms with E-state index in [0.29, 0.717) is 0 Å². The quantitative estimate of drug-likeness (QED) is 0.618. The number of aliphatic hydroxyl groups is 1. The highest BCUT2D eigenvalue weighted by Gasteiger charge is 2.67. The van der Waals surface area contributed by atoms with E-state index >= 15 is 0 Å². The monoisotopic (exact) mass is 388 g/mol. The molecular weight excluding hydrogens is 368 g/mol. The molecule has 0 bridgehead atoms. The third-order valence-electron chi connectivity index (χ3n) is 6.53. The first-order valence-electron chi connectivity index (χ1n) is 8.86. The van der Waals surface area contributed by atoms with Crippen molar-refractivity contribution < 1.29 is 39.2 Å². The van der Waals surface area contributed by atoms with Crippen LogP contribution >= 0.6 is 0 Å². The summed E-state index contributed by atoms with van der Waals surface area (Å²) < 4.78 is 10.8. The van der Waals surface area contributed by atoms with Crippen LogP contribution in [0.1, 0.15) is 54.0 Å². The molecule has 0 spiro atoms. The molecule has 8 nitrogen and oxygen atoms in total. The Labute approximate surface area is 160 Å². The van der Waals surface area contributed by atoms with Crippen molar-refractivity contribution >= 4 is 22.9 Å². The minimum absolute atomic E-state index is 0.0810. The van der Waals surface area contributed by atoms with Gasteiger partial charge in [-0.05, 0) is 6.92 Å². The lowest BCUT2D eigenvalue weighted by Gasteiger charge is -2.40. The van der Waals surface area contributed by atoms with E-state index in [2.05, 4.69) is 0 Å². The highest BCUT2D eigenvalue weighted by atomic mass is 16.5. The van der Waals surface area contributed by atoms with E-state index in [4.69, 9.17) is 9.47 Å². The first-order valence-corrected chi connectivity index (χ1v) is 8.86. The number of aromatic hydroxyl groups is 2. The average Bonchev–Trinajstić information content (AvgIpc) is 2.81. The van der Waals surface area contributed by atoms with Crippen molar-refractivity contribution in [2.75, 3.05) is 7.11 Å². The van der Waals surface area contributed by atoms with Crippen LogP contribution in [0.5, 0.6) is 17.2 Å². The van der Waals surface area contributed by atoms with E-state index in [9.17, 15) is 29.7 Å². The molecule has 1 fully saturated rings. The van der Waals surface area contributed by atoms with Crippen LogP contribution in [0.15, 0.2) is 5.76 Å². The molecule has 4 rings (SSSR count). The molecule has 0 saturated carbocycles.